The van der Waals surface area contributed by atoms with E-state index in [0.29, 0.717) is 23.8 Å². The molecule has 0 spiro atoms. The maximum Gasteiger partial charge on any atom is 0.251 e. The van der Waals surface area contributed by atoms with E-state index in [1.807, 2.05) is 6.07 Å². The van der Waals surface area contributed by atoms with Crippen LogP contribution in [0.2, 0.25) is 5.02 Å². The van der Waals surface area contributed by atoms with E-state index in [9.17, 15) is 24.9 Å². The number of aromatic hydroxyl groups is 3. The van der Waals surface area contributed by atoms with Crippen LogP contribution in [0.1, 0.15) is 23.2 Å². The molecule has 0 unspecified atom stereocenters. The van der Waals surface area contributed by atoms with Crippen LogP contribution in [0.4, 0.5) is 0 Å². The van der Waals surface area contributed by atoms with Crippen LogP contribution in [0.3, 0.4) is 0 Å². The first-order valence-electron chi connectivity index (χ1n) is 8.55. The van der Waals surface area contributed by atoms with E-state index in [0.717, 1.165) is 12.1 Å². The lowest BCUT2D eigenvalue weighted by atomic mass is 10.1. The van der Waals surface area contributed by atoms with E-state index < -0.39 is 23.2 Å². The lowest BCUT2D eigenvalue weighted by Crippen LogP contribution is -2.34. The zero-order valence-corrected chi connectivity index (χ0v) is 15.7. The second-order valence-electron chi connectivity index (χ2n) is 5.85. The van der Waals surface area contributed by atoms with Gasteiger partial charge in [0.1, 0.15) is 5.75 Å². The van der Waals surface area contributed by atoms with Crippen LogP contribution in [-0.2, 0) is 4.79 Å². The number of hydrogen-bond donors (Lipinski definition) is 5. The number of para-hydroxylation sites is 1. The SMILES string of the molecule is O=C(CCCOc1ccccc1Cl)NCCNC(=O)c1cc(O)c(O)c(O)c1. The number of halogens is 1. The molecule has 0 aliphatic rings. The Morgan fingerprint density at radius 2 is 1.64 bits per heavy atom. The fourth-order valence-electron chi connectivity index (χ4n) is 2.28. The summed E-state index contributed by atoms with van der Waals surface area (Å²) in [5.74, 6) is -2.07. The number of rotatable bonds is 9. The van der Waals surface area contributed by atoms with Crippen molar-refractivity contribution in [3.8, 4) is 23.0 Å². The van der Waals surface area contributed by atoms with E-state index in [2.05, 4.69) is 10.6 Å². The molecule has 28 heavy (non-hydrogen) atoms. The van der Waals surface area contributed by atoms with Gasteiger partial charge in [0.25, 0.3) is 5.91 Å². The highest BCUT2D eigenvalue weighted by Gasteiger charge is 2.13. The Balaban J connectivity index is 1.62. The van der Waals surface area contributed by atoms with Gasteiger partial charge in [-0.05, 0) is 30.7 Å². The minimum atomic E-state index is -0.692. The number of ether oxygens (including phenoxy) is 1. The van der Waals surface area contributed by atoms with Gasteiger partial charge in [-0.25, -0.2) is 0 Å². The van der Waals surface area contributed by atoms with Crippen LogP contribution in [0.5, 0.6) is 23.0 Å². The van der Waals surface area contributed by atoms with Gasteiger partial charge in [0.05, 0.1) is 11.6 Å². The maximum atomic E-state index is 11.9. The van der Waals surface area contributed by atoms with Gasteiger partial charge in [-0.2, -0.15) is 0 Å². The molecule has 0 atom stereocenters. The number of phenols is 3. The topological polar surface area (TPSA) is 128 Å². The number of nitrogens with one attached hydrogen (secondary N) is 2. The molecule has 0 aromatic heterocycles. The molecule has 0 radical (unpaired) electrons. The molecular weight excluding hydrogens is 388 g/mol. The molecule has 2 aromatic carbocycles. The van der Waals surface area contributed by atoms with Crippen LogP contribution in [-0.4, -0.2) is 46.8 Å². The number of amides is 2. The van der Waals surface area contributed by atoms with Crippen LogP contribution >= 0.6 is 11.6 Å². The third kappa shape index (κ3) is 6.24. The fourth-order valence-corrected chi connectivity index (χ4v) is 2.47. The van der Waals surface area contributed by atoms with Crippen molar-refractivity contribution in [1.82, 2.24) is 10.6 Å². The predicted molar refractivity (Wildman–Crippen MR) is 103 cm³/mol. The zero-order chi connectivity index (χ0) is 20.5. The summed E-state index contributed by atoms with van der Waals surface area (Å²) in [5.41, 5.74) is -0.0177. The molecule has 2 amide bonds. The third-order valence-electron chi connectivity index (χ3n) is 3.71. The Kier molecular flexibility index (Phi) is 7.76. The molecule has 2 aromatic rings. The van der Waals surface area contributed by atoms with Crippen LogP contribution in [0.25, 0.3) is 0 Å². The van der Waals surface area contributed by atoms with Crippen molar-refractivity contribution in [3.05, 3.63) is 47.0 Å². The monoisotopic (exact) mass is 408 g/mol. The number of benzene rings is 2. The van der Waals surface area contributed by atoms with Crippen molar-refractivity contribution in [2.45, 2.75) is 12.8 Å². The Morgan fingerprint density at radius 1 is 1.00 bits per heavy atom. The maximum absolute atomic E-state index is 11.9. The summed E-state index contributed by atoms with van der Waals surface area (Å²) in [4.78, 5) is 23.7. The molecule has 150 valence electrons. The lowest BCUT2D eigenvalue weighted by molar-refractivity contribution is -0.121. The fraction of sp³-hybridized carbons (Fsp3) is 0.263. The van der Waals surface area contributed by atoms with Gasteiger partial charge in [0.15, 0.2) is 17.2 Å². The van der Waals surface area contributed by atoms with E-state index in [1.54, 1.807) is 18.2 Å². The Hall–Kier alpha value is -3.13. The molecule has 0 bridgehead atoms. The van der Waals surface area contributed by atoms with Crippen molar-refractivity contribution in [2.75, 3.05) is 19.7 Å². The largest absolute Gasteiger partial charge is 0.504 e. The molecule has 0 saturated heterocycles. The molecule has 0 aliphatic heterocycles. The molecule has 5 N–H and O–H groups in total. The third-order valence-corrected chi connectivity index (χ3v) is 4.02. The summed E-state index contributed by atoms with van der Waals surface area (Å²) in [5, 5.41) is 33.8. The van der Waals surface area contributed by atoms with E-state index in [1.165, 1.54) is 0 Å². The average Bonchev–Trinajstić information content (AvgIpc) is 2.67. The minimum absolute atomic E-state index is 0.0177. The molecule has 0 heterocycles. The molecular formula is C19H21ClN2O6. The number of carbonyl (C=O) groups excluding carboxylic acids is 2. The Labute approximate surface area is 166 Å². The van der Waals surface area contributed by atoms with Gasteiger partial charge >= 0.3 is 0 Å². The minimum Gasteiger partial charge on any atom is -0.504 e. The first-order chi connectivity index (χ1) is 13.4. The predicted octanol–water partition coefficient (Wildman–Crippen LogP) is 2.16. The molecule has 8 nitrogen and oxygen atoms in total. The summed E-state index contributed by atoms with van der Waals surface area (Å²) in [6, 6.07) is 9.14. The van der Waals surface area contributed by atoms with Crippen LogP contribution in [0, 0.1) is 0 Å². The van der Waals surface area contributed by atoms with Gasteiger partial charge in [-0.1, -0.05) is 23.7 Å². The molecule has 0 saturated carbocycles. The van der Waals surface area contributed by atoms with E-state index in [4.69, 9.17) is 16.3 Å². The van der Waals surface area contributed by atoms with E-state index >= 15 is 0 Å². The van der Waals surface area contributed by atoms with Crippen molar-refractivity contribution in [2.24, 2.45) is 0 Å². The second kappa shape index (κ2) is 10.3. The highest BCUT2D eigenvalue weighted by atomic mass is 35.5. The summed E-state index contributed by atoms with van der Waals surface area (Å²) >= 11 is 5.97. The lowest BCUT2D eigenvalue weighted by Gasteiger charge is -2.09. The molecule has 2 rings (SSSR count). The average molecular weight is 409 g/mol. The first-order valence-corrected chi connectivity index (χ1v) is 8.93. The first kappa shape index (κ1) is 21.2. The molecule has 0 aliphatic carbocycles. The Bertz CT molecular complexity index is 820. The standard InChI is InChI=1S/C19H21ClN2O6/c20-13-4-1-2-5-16(13)28-9-3-6-17(25)21-7-8-22-19(27)12-10-14(23)18(26)15(24)11-12/h1-2,4-5,10-11,23-24,26H,3,6-9H2,(H,21,25)(H,22,27). The molecule has 9 heteroatoms. The van der Waals surface area contributed by atoms with Crippen molar-refractivity contribution < 1.29 is 29.6 Å². The summed E-state index contributed by atoms with van der Waals surface area (Å²) < 4.78 is 5.49. The van der Waals surface area contributed by atoms with Gasteiger partial charge in [-0.3, -0.25) is 9.59 Å². The summed E-state index contributed by atoms with van der Waals surface area (Å²) in [6.07, 6.45) is 0.771. The highest BCUT2D eigenvalue weighted by molar-refractivity contribution is 6.32. The molecule has 0 fully saturated rings. The number of carbonyl (C=O) groups is 2. The van der Waals surface area contributed by atoms with Gasteiger partial charge in [-0.15, -0.1) is 0 Å². The highest BCUT2D eigenvalue weighted by Crippen LogP contribution is 2.35. The number of phenolic OH excluding ortho intramolecular Hbond substituents is 3. The zero-order valence-electron chi connectivity index (χ0n) is 14.9. The summed E-state index contributed by atoms with van der Waals surface area (Å²) in [6.45, 7) is 0.719. The quantitative estimate of drug-likeness (QED) is 0.319. The Morgan fingerprint density at radius 3 is 2.32 bits per heavy atom. The summed E-state index contributed by atoms with van der Waals surface area (Å²) in [7, 11) is 0. The van der Waals surface area contributed by atoms with Gasteiger partial charge in [0, 0.05) is 25.1 Å². The van der Waals surface area contributed by atoms with E-state index in [-0.39, 0.29) is 31.0 Å². The van der Waals surface area contributed by atoms with Gasteiger partial charge < -0.3 is 30.7 Å². The van der Waals surface area contributed by atoms with Gasteiger partial charge in [0.2, 0.25) is 5.91 Å². The smallest absolute Gasteiger partial charge is 0.251 e. The van der Waals surface area contributed by atoms with Crippen LogP contribution < -0.4 is 15.4 Å². The van der Waals surface area contributed by atoms with Crippen LogP contribution in [0.15, 0.2) is 36.4 Å². The van der Waals surface area contributed by atoms with Crippen molar-refractivity contribution >= 4 is 23.4 Å². The number of hydrogen-bond acceptors (Lipinski definition) is 6. The normalized spacial score (nSPS) is 10.3. The second-order valence-corrected chi connectivity index (χ2v) is 6.26. The van der Waals surface area contributed by atoms with Crippen molar-refractivity contribution in [1.29, 1.82) is 0 Å². The van der Waals surface area contributed by atoms with Crippen molar-refractivity contribution in [3.63, 3.8) is 0 Å².